The van der Waals surface area contributed by atoms with Crippen LogP contribution in [0, 0.1) is 0 Å². The summed E-state index contributed by atoms with van der Waals surface area (Å²) in [5, 5.41) is 0. The fourth-order valence-electron chi connectivity index (χ4n) is 3.60. The monoisotopic (exact) mass is 541 g/mol. The molecule has 0 amide bonds. The van der Waals surface area contributed by atoms with Gasteiger partial charge in [-0.25, -0.2) is 9.97 Å². The second-order valence-corrected chi connectivity index (χ2v) is 6.95. The maximum atomic E-state index is 4.46. The summed E-state index contributed by atoms with van der Waals surface area (Å²) in [6.07, 6.45) is 3.70. The topological polar surface area (TPSA) is 38.7 Å². The second-order valence-electron chi connectivity index (χ2n) is 6.95. The van der Waals surface area contributed by atoms with E-state index in [2.05, 4.69) is 70.3 Å². The molecule has 4 rings (SSSR count). The van der Waals surface area contributed by atoms with Gasteiger partial charge in [0.25, 0.3) is 0 Å². The van der Waals surface area contributed by atoms with Crippen LogP contribution in [-0.4, -0.2) is 73.0 Å². The van der Waals surface area contributed by atoms with Gasteiger partial charge in [-0.05, 0) is 38.1 Å². The summed E-state index contributed by atoms with van der Waals surface area (Å²) in [5.74, 6) is 2.04. The third-order valence-electron chi connectivity index (χ3n) is 5.41. The first-order valence-electron chi connectivity index (χ1n) is 9.29. The molecule has 9 heteroatoms. The summed E-state index contributed by atoms with van der Waals surface area (Å²) in [7, 11) is 4.44. The maximum Gasteiger partial charge on any atom is 0.353 e. The van der Waals surface area contributed by atoms with Crippen molar-refractivity contribution in [3.63, 3.8) is 0 Å². The van der Waals surface area contributed by atoms with Crippen molar-refractivity contribution >= 4 is 26.7 Å². The number of anilines is 2. The summed E-state index contributed by atoms with van der Waals surface area (Å²) < 4.78 is 0. The van der Waals surface area contributed by atoms with Gasteiger partial charge in [0.2, 0.25) is 0 Å². The predicted molar refractivity (Wildman–Crippen MR) is 107 cm³/mol. The van der Waals surface area contributed by atoms with E-state index in [0.717, 1.165) is 37.8 Å². The number of aromatic nitrogens is 2. The molecular formula is C18H24B2N6Pt. The molecule has 0 aliphatic carbocycles. The molecule has 2 saturated heterocycles. The molecule has 2 fully saturated rings. The standard InChI is InChI=1S/C18H24B2N6.Pt/c1-15(23-11-13-25(19-23)17-7-3-5-9-21-17)16(2)24-12-14-26(20-24)18-8-4-6-10-22-18;/h3-10,15-16H,11-14H2,1-2H3;. The first-order chi connectivity index (χ1) is 12.7. The maximum absolute atomic E-state index is 4.46. The largest absolute Gasteiger partial charge is 0.388 e. The molecule has 0 spiro atoms. The molecular weight excluding hydrogens is 517 g/mol. The zero-order valence-corrected chi connectivity index (χ0v) is 18.0. The summed E-state index contributed by atoms with van der Waals surface area (Å²) in [5.41, 5.74) is 0. The molecule has 0 aromatic carbocycles. The Balaban J connectivity index is 0.00000210. The fraction of sp³-hybridized carbons (Fsp3) is 0.444. The van der Waals surface area contributed by atoms with Crippen LogP contribution in [0.5, 0.6) is 0 Å². The van der Waals surface area contributed by atoms with E-state index in [1.807, 2.05) is 36.7 Å². The van der Waals surface area contributed by atoms with E-state index >= 15 is 0 Å². The normalized spacial score (nSPS) is 19.9. The van der Waals surface area contributed by atoms with E-state index < -0.39 is 0 Å². The average Bonchev–Trinajstić information content (AvgIpc) is 3.38. The fourth-order valence-corrected chi connectivity index (χ4v) is 3.60. The van der Waals surface area contributed by atoms with Gasteiger partial charge in [0.15, 0.2) is 0 Å². The van der Waals surface area contributed by atoms with Crippen molar-refractivity contribution in [2.75, 3.05) is 35.8 Å². The van der Waals surface area contributed by atoms with Crippen molar-refractivity contribution in [3.8, 4) is 0 Å². The van der Waals surface area contributed by atoms with Crippen LogP contribution in [0.25, 0.3) is 0 Å². The van der Waals surface area contributed by atoms with Gasteiger partial charge >= 0.3 is 15.1 Å². The van der Waals surface area contributed by atoms with E-state index in [-0.39, 0.29) is 21.1 Å². The van der Waals surface area contributed by atoms with Crippen molar-refractivity contribution < 1.29 is 21.1 Å². The van der Waals surface area contributed by atoms with Crippen LogP contribution < -0.4 is 9.62 Å². The van der Waals surface area contributed by atoms with E-state index in [1.165, 1.54) is 0 Å². The zero-order valence-electron chi connectivity index (χ0n) is 15.8. The van der Waals surface area contributed by atoms with E-state index in [9.17, 15) is 0 Å². The van der Waals surface area contributed by atoms with Gasteiger partial charge < -0.3 is 19.2 Å². The Hall–Kier alpha value is -1.36. The van der Waals surface area contributed by atoms with Gasteiger partial charge in [-0.3, -0.25) is 0 Å². The molecule has 0 bridgehead atoms. The van der Waals surface area contributed by atoms with Crippen molar-refractivity contribution in [3.05, 3.63) is 48.8 Å². The summed E-state index contributed by atoms with van der Waals surface area (Å²) >= 11 is 0. The molecule has 4 heterocycles. The van der Waals surface area contributed by atoms with Crippen LogP contribution in [0.1, 0.15) is 13.8 Å². The number of pyridine rings is 2. The Kier molecular flexibility index (Phi) is 6.96. The molecule has 2 aliphatic rings. The molecule has 2 aromatic heterocycles. The molecule has 2 radical (unpaired) electrons. The summed E-state index contributed by atoms with van der Waals surface area (Å²) in [6.45, 7) is 8.64. The third-order valence-corrected chi connectivity index (χ3v) is 5.41. The van der Waals surface area contributed by atoms with Crippen LogP contribution in [0.2, 0.25) is 0 Å². The van der Waals surface area contributed by atoms with Crippen molar-refractivity contribution in [1.82, 2.24) is 19.6 Å². The van der Waals surface area contributed by atoms with Gasteiger partial charge in [-0.1, -0.05) is 12.1 Å². The SMILES string of the molecule is CC(C(C)N1[B]N(c2ccccn2)CC1)N1[B]N(c2ccccn2)CC1.[Pt]. The number of hydrogen-bond donors (Lipinski definition) is 0. The van der Waals surface area contributed by atoms with E-state index in [1.54, 1.807) is 0 Å². The Labute approximate surface area is 177 Å². The molecule has 142 valence electrons. The minimum atomic E-state index is 0. The van der Waals surface area contributed by atoms with Crippen molar-refractivity contribution in [2.45, 2.75) is 25.9 Å². The van der Waals surface area contributed by atoms with E-state index in [4.69, 9.17) is 0 Å². The zero-order chi connectivity index (χ0) is 17.9. The first kappa shape index (κ1) is 20.4. The molecule has 0 saturated carbocycles. The minimum Gasteiger partial charge on any atom is -0.388 e. The van der Waals surface area contributed by atoms with Gasteiger partial charge in [-0.2, -0.15) is 0 Å². The van der Waals surface area contributed by atoms with Crippen molar-refractivity contribution in [2.24, 2.45) is 0 Å². The minimum absolute atomic E-state index is 0. The Morgan fingerprint density at radius 1 is 0.741 bits per heavy atom. The predicted octanol–water partition coefficient (Wildman–Crippen LogP) is 1.26. The van der Waals surface area contributed by atoms with Gasteiger partial charge in [0.05, 0.1) is 0 Å². The van der Waals surface area contributed by atoms with Crippen LogP contribution in [0.15, 0.2) is 48.8 Å². The van der Waals surface area contributed by atoms with E-state index in [0.29, 0.717) is 12.1 Å². The van der Waals surface area contributed by atoms with Crippen LogP contribution in [0.4, 0.5) is 11.6 Å². The van der Waals surface area contributed by atoms with Crippen molar-refractivity contribution in [1.29, 1.82) is 0 Å². The summed E-state index contributed by atoms with van der Waals surface area (Å²) in [4.78, 5) is 18.2. The molecule has 27 heavy (non-hydrogen) atoms. The Morgan fingerprint density at radius 3 is 1.56 bits per heavy atom. The first-order valence-corrected chi connectivity index (χ1v) is 9.29. The number of rotatable bonds is 5. The molecule has 2 unspecified atom stereocenters. The summed E-state index contributed by atoms with van der Waals surface area (Å²) in [6, 6.07) is 13.0. The van der Waals surface area contributed by atoms with Crippen LogP contribution in [0.3, 0.4) is 0 Å². The molecule has 2 atom stereocenters. The Morgan fingerprint density at radius 2 is 1.19 bits per heavy atom. The van der Waals surface area contributed by atoms with Gasteiger partial charge in [0.1, 0.15) is 11.6 Å². The molecule has 0 N–H and O–H groups in total. The smallest absolute Gasteiger partial charge is 0.353 e. The third kappa shape index (κ3) is 4.56. The molecule has 2 aromatic rings. The van der Waals surface area contributed by atoms with Crippen LogP contribution >= 0.6 is 0 Å². The Bertz CT molecular complexity index is 648. The molecule has 6 nitrogen and oxygen atoms in total. The average molecular weight is 541 g/mol. The quantitative estimate of drug-likeness (QED) is 0.532. The van der Waals surface area contributed by atoms with Crippen LogP contribution in [-0.2, 0) is 21.1 Å². The number of hydrogen-bond acceptors (Lipinski definition) is 6. The van der Waals surface area contributed by atoms with Gasteiger partial charge in [-0.15, -0.1) is 0 Å². The number of nitrogens with zero attached hydrogens (tertiary/aromatic N) is 6. The second kappa shape index (κ2) is 9.22. The van der Waals surface area contributed by atoms with Gasteiger partial charge in [0, 0.05) is 71.7 Å². The molecule has 2 aliphatic heterocycles.